The number of anilines is 1. The predicted octanol–water partition coefficient (Wildman–Crippen LogP) is 2.42. The molecule has 110 valence electrons. The lowest BCUT2D eigenvalue weighted by atomic mass is 10.0. The first-order valence-electron chi connectivity index (χ1n) is 6.19. The van der Waals surface area contributed by atoms with E-state index in [1.54, 1.807) is 24.3 Å². The fourth-order valence-electron chi connectivity index (χ4n) is 2.02. The molecule has 0 aromatic heterocycles. The maximum atomic E-state index is 11.8. The molecule has 1 amide bonds. The van der Waals surface area contributed by atoms with Gasteiger partial charge in [-0.2, -0.15) is 0 Å². The largest absolute Gasteiger partial charge is 0.506 e. The lowest BCUT2D eigenvalue weighted by molar-refractivity contribution is -0.114. The molecule has 0 atom stereocenters. The van der Waals surface area contributed by atoms with E-state index in [9.17, 15) is 18.3 Å². The molecule has 0 unspecified atom stereocenters. The van der Waals surface area contributed by atoms with E-state index in [1.807, 2.05) is 0 Å². The lowest BCUT2D eigenvalue weighted by Crippen LogP contribution is -2.05. The van der Waals surface area contributed by atoms with Crippen LogP contribution in [0.4, 0.5) is 5.69 Å². The number of nitrogens with one attached hydrogen (secondary N) is 1. The fraction of sp³-hybridized carbons (Fsp3) is 0.133. The maximum absolute atomic E-state index is 11.8. The summed E-state index contributed by atoms with van der Waals surface area (Å²) in [7, 11) is -3.37. The minimum absolute atomic E-state index is 0.119. The van der Waals surface area contributed by atoms with Crippen LogP contribution in [-0.2, 0) is 14.6 Å². The van der Waals surface area contributed by atoms with Crippen LogP contribution in [0.3, 0.4) is 0 Å². The number of phenols is 1. The van der Waals surface area contributed by atoms with Crippen molar-refractivity contribution in [1.29, 1.82) is 0 Å². The summed E-state index contributed by atoms with van der Waals surface area (Å²) < 4.78 is 23.6. The molecule has 0 aliphatic carbocycles. The van der Waals surface area contributed by atoms with E-state index < -0.39 is 9.84 Å². The summed E-state index contributed by atoms with van der Waals surface area (Å²) in [4.78, 5) is 11.2. The Hall–Kier alpha value is -2.34. The number of hydrogen-bond acceptors (Lipinski definition) is 4. The number of hydrogen-bond donors (Lipinski definition) is 2. The van der Waals surface area contributed by atoms with Gasteiger partial charge in [0.1, 0.15) is 5.75 Å². The van der Waals surface area contributed by atoms with Crippen LogP contribution < -0.4 is 5.32 Å². The van der Waals surface area contributed by atoms with E-state index in [-0.39, 0.29) is 22.2 Å². The van der Waals surface area contributed by atoms with Crippen LogP contribution in [0.2, 0.25) is 0 Å². The second kappa shape index (κ2) is 5.57. The van der Waals surface area contributed by atoms with Gasteiger partial charge < -0.3 is 10.4 Å². The normalized spacial score (nSPS) is 11.1. The Morgan fingerprint density at radius 1 is 1.14 bits per heavy atom. The summed E-state index contributed by atoms with van der Waals surface area (Å²) in [5.74, 6) is -0.416. The summed E-state index contributed by atoms with van der Waals surface area (Å²) in [6.45, 7) is 1.34. The average molecular weight is 305 g/mol. The van der Waals surface area contributed by atoms with E-state index in [2.05, 4.69) is 5.32 Å². The zero-order valence-electron chi connectivity index (χ0n) is 11.6. The quantitative estimate of drug-likeness (QED) is 0.853. The van der Waals surface area contributed by atoms with Crippen molar-refractivity contribution in [3.8, 4) is 16.9 Å². The van der Waals surface area contributed by atoms with Crippen molar-refractivity contribution in [1.82, 2.24) is 0 Å². The van der Waals surface area contributed by atoms with Crippen molar-refractivity contribution in [3.63, 3.8) is 0 Å². The van der Waals surface area contributed by atoms with Crippen LogP contribution in [-0.4, -0.2) is 25.7 Å². The average Bonchev–Trinajstić information content (AvgIpc) is 2.40. The Morgan fingerprint density at radius 3 is 2.38 bits per heavy atom. The first-order valence-corrected chi connectivity index (χ1v) is 8.08. The van der Waals surface area contributed by atoms with Crippen LogP contribution in [0, 0.1) is 0 Å². The zero-order chi connectivity index (χ0) is 15.6. The first kappa shape index (κ1) is 15.1. The molecule has 21 heavy (non-hydrogen) atoms. The Balaban J connectivity index is 2.54. The van der Waals surface area contributed by atoms with Crippen molar-refractivity contribution in [2.45, 2.75) is 11.8 Å². The molecule has 0 spiro atoms. The molecular weight excluding hydrogens is 290 g/mol. The number of carbonyl (C=O) groups is 1. The summed E-state index contributed by atoms with van der Waals surface area (Å²) in [6, 6.07) is 11.2. The summed E-state index contributed by atoms with van der Waals surface area (Å²) in [6.07, 6.45) is 1.14. The number of sulfone groups is 1. The minimum Gasteiger partial charge on any atom is -0.506 e. The van der Waals surface area contributed by atoms with Gasteiger partial charge in [0.25, 0.3) is 0 Å². The highest BCUT2D eigenvalue weighted by Crippen LogP contribution is 2.33. The Labute approximate surface area is 123 Å². The van der Waals surface area contributed by atoms with Gasteiger partial charge in [-0.1, -0.05) is 24.3 Å². The third kappa shape index (κ3) is 3.41. The number of carbonyl (C=O) groups excluding carboxylic acids is 1. The molecule has 0 aliphatic rings. The van der Waals surface area contributed by atoms with Crippen molar-refractivity contribution >= 4 is 21.4 Å². The molecular formula is C15H15NO4S. The van der Waals surface area contributed by atoms with E-state index >= 15 is 0 Å². The van der Waals surface area contributed by atoms with E-state index in [1.165, 1.54) is 25.1 Å². The summed E-state index contributed by atoms with van der Waals surface area (Å²) in [5.41, 5.74) is 1.34. The van der Waals surface area contributed by atoms with Gasteiger partial charge in [0, 0.05) is 18.7 Å². The van der Waals surface area contributed by atoms with Gasteiger partial charge in [0.2, 0.25) is 5.91 Å². The Kier molecular flexibility index (Phi) is 3.99. The summed E-state index contributed by atoms with van der Waals surface area (Å²) in [5, 5.41) is 12.4. The molecule has 2 aromatic carbocycles. The fourth-order valence-corrected chi connectivity index (χ4v) is 2.93. The van der Waals surface area contributed by atoms with Crippen LogP contribution in [0.5, 0.6) is 5.75 Å². The molecule has 0 fully saturated rings. The third-order valence-electron chi connectivity index (χ3n) is 2.91. The molecule has 2 aromatic rings. The second-order valence-corrected chi connectivity index (χ2v) is 6.67. The SMILES string of the molecule is CC(=O)Nc1ccc(-c2ccccc2S(C)(=O)=O)cc1O. The second-order valence-electron chi connectivity index (χ2n) is 4.68. The number of phenolic OH excluding ortho intramolecular Hbond substituents is 1. The van der Waals surface area contributed by atoms with Crippen molar-refractivity contribution < 1.29 is 18.3 Å². The molecule has 0 bridgehead atoms. The van der Waals surface area contributed by atoms with Crippen molar-refractivity contribution in [2.75, 3.05) is 11.6 Å². The van der Waals surface area contributed by atoms with Gasteiger partial charge in [0.15, 0.2) is 9.84 Å². The molecule has 2 N–H and O–H groups in total. The maximum Gasteiger partial charge on any atom is 0.221 e. The molecule has 5 nitrogen and oxygen atoms in total. The number of rotatable bonds is 3. The van der Waals surface area contributed by atoms with Gasteiger partial charge in [-0.05, 0) is 23.8 Å². The zero-order valence-corrected chi connectivity index (χ0v) is 12.4. The summed E-state index contributed by atoms with van der Waals surface area (Å²) >= 11 is 0. The molecule has 2 rings (SSSR count). The van der Waals surface area contributed by atoms with E-state index in [0.29, 0.717) is 11.1 Å². The molecule has 0 saturated carbocycles. The topological polar surface area (TPSA) is 83.5 Å². The van der Waals surface area contributed by atoms with E-state index in [4.69, 9.17) is 0 Å². The van der Waals surface area contributed by atoms with Gasteiger partial charge in [-0.15, -0.1) is 0 Å². The highest BCUT2D eigenvalue weighted by molar-refractivity contribution is 7.90. The van der Waals surface area contributed by atoms with Gasteiger partial charge in [-0.25, -0.2) is 8.42 Å². The smallest absolute Gasteiger partial charge is 0.221 e. The molecule has 6 heteroatoms. The van der Waals surface area contributed by atoms with E-state index in [0.717, 1.165) is 6.26 Å². The molecule has 0 heterocycles. The van der Waals surface area contributed by atoms with Crippen LogP contribution in [0.1, 0.15) is 6.92 Å². The van der Waals surface area contributed by atoms with Gasteiger partial charge in [0.05, 0.1) is 10.6 Å². The minimum atomic E-state index is -3.37. The third-order valence-corrected chi connectivity index (χ3v) is 4.06. The number of benzene rings is 2. The Bertz CT molecular complexity index is 797. The molecule has 0 radical (unpaired) electrons. The van der Waals surface area contributed by atoms with Gasteiger partial charge in [-0.3, -0.25) is 4.79 Å². The number of amides is 1. The first-order chi connectivity index (χ1) is 9.79. The van der Waals surface area contributed by atoms with Crippen LogP contribution >= 0.6 is 0 Å². The highest BCUT2D eigenvalue weighted by atomic mass is 32.2. The Morgan fingerprint density at radius 2 is 1.81 bits per heavy atom. The van der Waals surface area contributed by atoms with Crippen LogP contribution in [0.25, 0.3) is 11.1 Å². The predicted molar refractivity (Wildman–Crippen MR) is 81.0 cm³/mol. The highest BCUT2D eigenvalue weighted by Gasteiger charge is 2.15. The monoisotopic (exact) mass is 305 g/mol. The van der Waals surface area contributed by atoms with Crippen LogP contribution in [0.15, 0.2) is 47.4 Å². The van der Waals surface area contributed by atoms with Crippen molar-refractivity contribution in [2.24, 2.45) is 0 Å². The molecule has 0 saturated heterocycles. The number of aromatic hydroxyl groups is 1. The lowest BCUT2D eigenvalue weighted by Gasteiger charge is -2.11. The van der Waals surface area contributed by atoms with Gasteiger partial charge >= 0.3 is 0 Å². The molecule has 0 aliphatic heterocycles. The standard InChI is InChI=1S/C15H15NO4S/c1-10(17)16-13-8-7-11(9-14(13)18)12-5-3-4-6-15(12)21(2,19)20/h3-9,18H,1-2H3,(H,16,17). The van der Waals surface area contributed by atoms with Crippen molar-refractivity contribution in [3.05, 3.63) is 42.5 Å².